The van der Waals surface area contributed by atoms with E-state index in [9.17, 15) is 9.59 Å². The first kappa shape index (κ1) is 16.9. The van der Waals surface area contributed by atoms with E-state index in [2.05, 4.69) is 5.32 Å². The number of carboxylic acid groups (broad SMARTS) is 1. The lowest BCUT2D eigenvalue weighted by Crippen LogP contribution is -2.35. The second-order valence-corrected chi connectivity index (χ2v) is 4.48. The molecule has 0 saturated heterocycles. The molecule has 0 saturated carbocycles. The normalized spacial score (nSPS) is 13.9. The third-order valence-electron chi connectivity index (χ3n) is 2.60. The van der Waals surface area contributed by atoms with Crippen molar-refractivity contribution in [3.05, 3.63) is 0 Å². The molecule has 6 nitrogen and oxygen atoms in total. The standard InChI is InChI=1S/C12H24N2O4/c1-9(12(16)17)4-3-5-10(2)14-11(15)8-18-7-6-13/h9-10H,3-8,13H2,1-2H3,(H,14,15)(H,16,17). The molecule has 0 aliphatic carbocycles. The number of nitrogens with two attached hydrogens (primary N) is 1. The molecule has 4 N–H and O–H groups in total. The molecule has 0 aromatic carbocycles. The van der Waals surface area contributed by atoms with Crippen LogP contribution in [0.15, 0.2) is 0 Å². The zero-order chi connectivity index (χ0) is 14.0. The molecule has 0 aliphatic heterocycles. The average Bonchev–Trinajstić information content (AvgIpc) is 2.28. The summed E-state index contributed by atoms with van der Waals surface area (Å²) in [5.41, 5.74) is 5.23. The molecule has 0 fully saturated rings. The summed E-state index contributed by atoms with van der Waals surface area (Å²) in [6.45, 7) is 4.37. The van der Waals surface area contributed by atoms with Gasteiger partial charge in [-0.2, -0.15) is 0 Å². The van der Waals surface area contributed by atoms with E-state index in [0.29, 0.717) is 19.6 Å². The minimum Gasteiger partial charge on any atom is -0.481 e. The van der Waals surface area contributed by atoms with Gasteiger partial charge in [0.1, 0.15) is 6.61 Å². The van der Waals surface area contributed by atoms with E-state index in [4.69, 9.17) is 15.6 Å². The number of amides is 1. The number of hydrogen-bond donors (Lipinski definition) is 3. The Morgan fingerprint density at radius 2 is 2.00 bits per heavy atom. The topological polar surface area (TPSA) is 102 Å². The van der Waals surface area contributed by atoms with Gasteiger partial charge in [0, 0.05) is 12.6 Å². The van der Waals surface area contributed by atoms with Crippen molar-refractivity contribution in [2.45, 2.75) is 39.2 Å². The number of rotatable bonds is 10. The summed E-state index contributed by atoms with van der Waals surface area (Å²) >= 11 is 0. The molecule has 2 unspecified atom stereocenters. The van der Waals surface area contributed by atoms with Crippen molar-refractivity contribution in [2.24, 2.45) is 11.7 Å². The smallest absolute Gasteiger partial charge is 0.306 e. The third kappa shape index (κ3) is 8.95. The van der Waals surface area contributed by atoms with Crippen molar-refractivity contribution in [1.82, 2.24) is 5.32 Å². The monoisotopic (exact) mass is 260 g/mol. The highest BCUT2D eigenvalue weighted by molar-refractivity contribution is 5.77. The van der Waals surface area contributed by atoms with Gasteiger partial charge in [0.15, 0.2) is 0 Å². The first-order valence-electron chi connectivity index (χ1n) is 6.27. The Hall–Kier alpha value is -1.14. The minimum absolute atomic E-state index is 0.0209. The molecule has 106 valence electrons. The molecular weight excluding hydrogens is 236 g/mol. The molecule has 2 atom stereocenters. The van der Waals surface area contributed by atoms with Crippen molar-refractivity contribution in [2.75, 3.05) is 19.8 Å². The highest BCUT2D eigenvalue weighted by Crippen LogP contribution is 2.09. The molecule has 0 aromatic heterocycles. The van der Waals surface area contributed by atoms with Gasteiger partial charge in [-0.25, -0.2) is 0 Å². The van der Waals surface area contributed by atoms with Gasteiger partial charge in [-0.1, -0.05) is 13.3 Å². The van der Waals surface area contributed by atoms with Crippen molar-refractivity contribution in [3.8, 4) is 0 Å². The maximum Gasteiger partial charge on any atom is 0.306 e. The van der Waals surface area contributed by atoms with Gasteiger partial charge in [0.05, 0.1) is 12.5 Å². The van der Waals surface area contributed by atoms with Crippen LogP contribution in [0.25, 0.3) is 0 Å². The van der Waals surface area contributed by atoms with Crippen LogP contribution in [0.2, 0.25) is 0 Å². The number of aliphatic carboxylic acids is 1. The average molecular weight is 260 g/mol. The minimum atomic E-state index is -0.776. The number of ether oxygens (including phenoxy) is 1. The molecule has 0 aromatic rings. The molecular formula is C12H24N2O4. The van der Waals surface area contributed by atoms with Gasteiger partial charge in [0.25, 0.3) is 0 Å². The number of nitrogens with one attached hydrogen (secondary N) is 1. The largest absolute Gasteiger partial charge is 0.481 e. The van der Waals surface area contributed by atoms with E-state index in [-0.39, 0.29) is 24.5 Å². The Kier molecular flexibility index (Phi) is 9.22. The van der Waals surface area contributed by atoms with Crippen molar-refractivity contribution < 1.29 is 19.4 Å². The lowest BCUT2D eigenvalue weighted by molar-refractivity contribution is -0.141. The van der Waals surface area contributed by atoms with Crippen LogP contribution in [-0.2, 0) is 14.3 Å². The van der Waals surface area contributed by atoms with Crippen molar-refractivity contribution in [3.63, 3.8) is 0 Å². The molecule has 1 amide bonds. The fourth-order valence-corrected chi connectivity index (χ4v) is 1.49. The van der Waals surface area contributed by atoms with Crippen LogP contribution in [0.1, 0.15) is 33.1 Å². The highest BCUT2D eigenvalue weighted by atomic mass is 16.5. The Labute approximate surface area is 108 Å². The van der Waals surface area contributed by atoms with Crippen molar-refractivity contribution in [1.29, 1.82) is 0 Å². The Balaban J connectivity index is 3.61. The van der Waals surface area contributed by atoms with Crippen LogP contribution < -0.4 is 11.1 Å². The second kappa shape index (κ2) is 9.85. The Bertz CT molecular complexity index is 258. The maximum atomic E-state index is 11.4. The summed E-state index contributed by atoms with van der Waals surface area (Å²) in [6.07, 6.45) is 2.16. The van der Waals surface area contributed by atoms with Crippen molar-refractivity contribution >= 4 is 11.9 Å². The summed E-state index contributed by atoms with van der Waals surface area (Å²) in [6, 6.07) is 0.0278. The van der Waals surface area contributed by atoms with Gasteiger partial charge in [-0.15, -0.1) is 0 Å². The summed E-state index contributed by atoms with van der Waals surface area (Å²) in [5, 5.41) is 11.5. The number of carbonyl (C=O) groups excluding carboxylic acids is 1. The van der Waals surface area contributed by atoms with E-state index in [1.54, 1.807) is 6.92 Å². The first-order valence-corrected chi connectivity index (χ1v) is 6.27. The van der Waals surface area contributed by atoms with Gasteiger partial charge in [-0.05, 0) is 19.8 Å². The Morgan fingerprint density at radius 3 is 2.56 bits per heavy atom. The van der Waals surface area contributed by atoms with Crippen LogP contribution in [0.3, 0.4) is 0 Å². The number of carbonyl (C=O) groups is 2. The molecule has 6 heteroatoms. The molecule has 0 bridgehead atoms. The summed E-state index contributed by atoms with van der Waals surface area (Å²) < 4.78 is 5.00. The molecule has 18 heavy (non-hydrogen) atoms. The molecule has 0 aliphatic rings. The maximum absolute atomic E-state index is 11.4. The van der Waals surface area contributed by atoms with Crippen LogP contribution in [0, 0.1) is 5.92 Å². The fourth-order valence-electron chi connectivity index (χ4n) is 1.49. The molecule has 0 spiro atoms. The molecule has 0 rings (SSSR count). The van der Waals surface area contributed by atoms with E-state index >= 15 is 0 Å². The van der Waals surface area contributed by atoms with Gasteiger partial charge < -0.3 is 20.9 Å². The van der Waals surface area contributed by atoms with Gasteiger partial charge in [0.2, 0.25) is 5.91 Å². The first-order chi connectivity index (χ1) is 8.47. The van der Waals surface area contributed by atoms with E-state index < -0.39 is 5.97 Å². The van der Waals surface area contributed by atoms with Crippen LogP contribution in [0.5, 0.6) is 0 Å². The summed E-state index contributed by atoms with van der Waals surface area (Å²) in [4.78, 5) is 22.0. The SMILES string of the molecule is CC(CCCC(C)C(=O)O)NC(=O)COCCN. The van der Waals surface area contributed by atoms with Gasteiger partial charge >= 0.3 is 5.97 Å². The Morgan fingerprint density at radius 1 is 1.33 bits per heavy atom. The third-order valence-corrected chi connectivity index (χ3v) is 2.60. The van der Waals surface area contributed by atoms with E-state index in [0.717, 1.165) is 12.8 Å². The van der Waals surface area contributed by atoms with Crippen LogP contribution in [-0.4, -0.2) is 42.8 Å². The summed E-state index contributed by atoms with van der Waals surface area (Å²) in [5.74, 6) is -1.27. The zero-order valence-electron chi connectivity index (χ0n) is 11.1. The van der Waals surface area contributed by atoms with E-state index in [1.165, 1.54) is 0 Å². The highest BCUT2D eigenvalue weighted by Gasteiger charge is 2.12. The van der Waals surface area contributed by atoms with E-state index in [1.807, 2.05) is 6.92 Å². The van der Waals surface area contributed by atoms with Gasteiger partial charge in [-0.3, -0.25) is 9.59 Å². The number of hydrogen-bond acceptors (Lipinski definition) is 4. The lowest BCUT2D eigenvalue weighted by atomic mass is 10.0. The quantitative estimate of drug-likeness (QED) is 0.492. The molecule has 0 radical (unpaired) electrons. The predicted octanol–water partition coefficient (Wildman–Crippen LogP) is 0.357. The fraction of sp³-hybridized carbons (Fsp3) is 0.833. The number of carboxylic acids is 1. The zero-order valence-corrected chi connectivity index (χ0v) is 11.1. The van der Waals surface area contributed by atoms with Crippen LogP contribution >= 0.6 is 0 Å². The van der Waals surface area contributed by atoms with Crippen LogP contribution in [0.4, 0.5) is 0 Å². The molecule has 0 heterocycles. The second-order valence-electron chi connectivity index (χ2n) is 4.48. The lowest BCUT2D eigenvalue weighted by Gasteiger charge is -2.14. The predicted molar refractivity (Wildman–Crippen MR) is 68.1 cm³/mol. The summed E-state index contributed by atoms with van der Waals surface area (Å²) in [7, 11) is 0.